The lowest BCUT2D eigenvalue weighted by atomic mass is 9.97. The molecule has 25 heavy (non-hydrogen) atoms. The van der Waals surface area contributed by atoms with E-state index < -0.39 is 12.1 Å². The quantitative estimate of drug-likeness (QED) is 0.436. The summed E-state index contributed by atoms with van der Waals surface area (Å²) in [4.78, 5) is 36.5. The van der Waals surface area contributed by atoms with E-state index in [1.54, 1.807) is 6.92 Å². The smallest absolute Gasteiger partial charge is 0.243 e. The molecule has 0 saturated heterocycles. The second-order valence-corrected chi connectivity index (χ2v) is 8.04. The van der Waals surface area contributed by atoms with Crippen LogP contribution in [0, 0.1) is 11.3 Å². The number of hydrogen-bond donors (Lipinski definition) is 4. The summed E-state index contributed by atoms with van der Waals surface area (Å²) in [6.07, 6.45) is 1.81. The van der Waals surface area contributed by atoms with E-state index in [0.29, 0.717) is 25.9 Å². The van der Waals surface area contributed by atoms with Gasteiger partial charge in [-0.05, 0) is 37.6 Å². The highest BCUT2D eigenvalue weighted by Gasteiger charge is 2.27. The molecule has 0 saturated carbocycles. The number of nitrogens with two attached hydrogens (primary N) is 1. The topological polar surface area (TPSA) is 113 Å². The molecule has 0 aromatic carbocycles. The largest absolute Gasteiger partial charge is 0.354 e. The van der Waals surface area contributed by atoms with Crippen LogP contribution in [-0.4, -0.2) is 42.9 Å². The molecule has 0 rings (SSSR count). The molecule has 7 nitrogen and oxygen atoms in total. The van der Waals surface area contributed by atoms with Crippen LogP contribution in [0.3, 0.4) is 0 Å². The molecular formula is C18H36N4O3. The Hall–Kier alpha value is -1.63. The molecule has 0 radical (unpaired) electrons. The van der Waals surface area contributed by atoms with Crippen LogP contribution in [0.4, 0.5) is 0 Å². The lowest BCUT2D eigenvalue weighted by Crippen LogP contribution is -2.54. The average Bonchev–Trinajstić information content (AvgIpc) is 2.49. The Balaban J connectivity index is 4.57. The zero-order chi connectivity index (χ0) is 19.6. The van der Waals surface area contributed by atoms with E-state index in [-0.39, 0.29) is 29.1 Å². The summed E-state index contributed by atoms with van der Waals surface area (Å²) in [5.74, 6) is -0.837. The summed E-state index contributed by atoms with van der Waals surface area (Å²) in [6, 6.07) is -1.33. The maximum Gasteiger partial charge on any atom is 0.243 e. The Morgan fingerprint density at radius 3 is 2.04 bits per heavy atom. The summed E-state index contributed by atoms with van der Waals surface area (Å²) in [5.41, 5.74) is 5.38. The van der Waals surface area contributed by atoms with Gasteiger partial charge in [0.25, 0.3) is 0 Å². The third kappa shape index (κ3) is 10.8. The van der Waals surface area contributed by atoms with E-state index in [2.05, 4.69) is 16.0 Å². The number of hydrogen-bond acceptors (Lipinski definition) is 4. The van der Waals surface area contributed by atoms with Crippen LogP contribution in [0.2, 0.25) is 0 Å². The first-order chi connectivity index (χ1) is 11.5. The van der Waals surface area contributed by atoms with Crippen molar-refractivity contribution in [2.75, 3.05) is 13.1 Å². The molecule has 0 aromatic heterocycles. The van der Waals surface area contributed by atoms with Crippen LogP contribution in [0.25, 0.3) is 0 Å². The Kier molecular flexibility index (Phi) is 10.4. The van der Waals surface area contributed by atoms with Crippen molar-refractivity contribution < 1.29 is 14.4 Å². The van der Waals surface area contributed by atoms with Gasteiger partial charge in [-0.1, -0.05) is 34.6 Å². The van der Waals surface area contributed by atoms with E-state index in [4.69, 9.17) is 5.73 Å². The Bertz CT molecular complexity index is 444. The van der Waals surface area contributed by atoms with E-state index in [1.807, 2.05) is 34.6 Å². The summed E-state index contributed by atoms with van der Waals surface area (Å²) in [7, 11) is 0. The van der Waals surface area contributed by atoms with Gasteiger partial charge >= 0.3 is 0 Å². The third-order valence-electron chi connectivity index (χ3n) is 3.67. The van der Waals surface area contributed by atoms with Crippen LogP contribution in [0.1, 0.15) is 60.8 Å². The van der Waals surface area contributed by atoms with Crippen LogP contribution in [0.5, 0.6) is 0 Å². The fraction of sp³-hybridized carbons (Fsp3) is 0.833. The van der Waals surface area contributed by atoms with Gasteiger partial charge in [-0.3, -0.25) is 14.4 Å². The average molecular weight is 357 g/mol. The SMILES string of the molecule is CC(C)[C@H](NC(=O)CCCCN)C(=O)N[C@@H](C)C(=O)NCC(C)(C)C. The van der Waals surface area contributed by atoms with Gasteiger partial charge in [-0.25, -0.2) is 0 Å². The second-order valence-electron chi connectivity index (χ2n) is 8.04. The minimum atomic E-state index is -0.664. The van der Waals surface area contributed by atoms with Crippen molar-refractivity contribution in [3.05, 3.63) is 0 Å². The number of unbranched alkanes of at least 4 members (excludes halogenated alkanes) is 1. The first kappa shape index (κ1) is 23.4. The van der Waals surface area contributed by atoms with Crippen LogP contribution < -0.4 is 21.7 Å². The van der Waals surface area contributed by atoms with Gasteiger partial charge in [0.05, 0.1) is 0 Å². The third-order valence-corrected chi connectivity index (χ3v) is 3.67. The molecule has 0 aliphatic rings. The molecule has 2 atom stereocenters. The lowest BCUT2D eigenvalue weighted by Gasteiger charge is -2.25. The first-order valence-corrected chi connectivity index (χ1v) is 9.05. The van der Waals surface area contributed by atoms with E-state index in [9.17, 15) is 14.4 Å². The number of rotatable bonds is 10. The molecule has 0 aromatic rings. The molecule has 3 amide bonds. The fourth-order valence-electron chi connectivity index (χ4n) is 2.08. The molecule has 0 aliphatic heterocycles. The number of nitrogens with one attached hydrogen (secondary N) is 3. The van der Waals surface area contributed by atoms with Crippen LogP contribution in [-0.2, 0) is 14.4 Å². The molecule has 7 heteroatoms. The van der Waals surface area contributed by atoms with E-state index in [1.165, 1.54) is 0 Å². The van der Waals surface area contributed by atoms with Crippen molar-refractivity contribution in [2.24, 2.45) is 17.1 Å². The van der Waals surface area contributed by atoms with Crippen molar-refractivity contribution in [3.8, 4) is 0 Å². The molecule has 0 heterocycles. The predicted molar refractivity (Wildman–Crippen MR) is 99.7 cm³/mol. The Morgan fingerprint density at radius 1 is 0.960 bits per heavy atom. The summed E-state index contributed by atoms with van der Waals surface area (Å²) < 4.78 is 0. The summed E-state index contributed by atoms with van der Waals surface area (Å²) in [6.45, 7) is 12.5. The van der Waals surface area contributed by atoms with Gasteiger partial charge in [-0.15, -0.1) is 0 Å². The normalized spacial score (nSPS) is 13.9. The molecule has 5 N–H and O–H groups in total. The Morgan fingerprint density at radius 2 is 1.56 bits per heavy atom. The van der Waals surface area contributed by atoms with Gasteiger partial charge in [0, 0.05) is 13.0 Å². The number of amides is 3. The molecular weight excluding hydrogens is 320 g/mol. The summed E-state index contributed by atoms with van der Waals surface area (Å²) >= 11 is 0. The van der Waals surface area contributed by atoms with Crippen molar-refractivity contribution in [3.63, 3.8) is 0 Å². The van der Waals surface area contributed by atoms with Crippen molar-refractivity contribution in [1.82, 2.24) is 16.0 Å². The lowest BCUT2D eigenvalue weighted by molar-refractivity contribution is -0.132. The fourth-order valence-corrected chi connectivity index (χ4v) is 2.08. The van der Waals surface area contributed by atoms with Gasteiger partial charge in [0.1, 0.15) is 12.1 Å². The zero-order valence-corrected chi connectivity index (χ0v) is 16.6. The highest BCUT2D eigenvalue weighted by Crippen LogP contribution is 2.10. The van der Waals surface area contributed by atoms with E-state index in [0.717, 1.165) is 6.42 Å². The highest BCUT2D eigenvalue weighted by molar-refractivity contribution is 5.92. The van der Waals surface area contributed by atoms with Crippen LogP contribution in [0.15, 0.2) is 0 Å². The molecule has 0 spiro atoms. The minimum absolute atomic E-state index is 0.0304. The maximum atomic E-state index is 12.4. The molecule has 0 fully saturated rings. The predicted octanol–water partition coefficient (Wildman–Crippen LogP) is 0.923. The minimum Gasteiger partial charge on any atom is -0.354 e. The second kappa shape index (κ2) is 11.1. The Labute approximate surface area is 151 Å². The number of carbonyl (C=O) groups is 3. The van der Waals surface area contributed by atoms with Gasteiger partial charge in [-0.2, -0.15) is 0 Å². The maximum absolute atomic E-state index is 12.4. The summed E-state index contributed by atoms with van der Waals surface area (Å²) in [5, 5.41) is 8.25. The first-order valence-electron chi connectivity index (χ1n) is 9.05. The molecule has 0 aliphatic carbocycles. The zero-order valence-electron chi connectivity index (χ0n) is 16.6. The van der Waals surface area contributed by atoms with Crippen molar-refractivity contribution in [1.29, 1.82) is 0 Å². The van der Waals surface area contributed by atoms with E-state index >= 15 is 0 Å². The molecule has 0 bridgehead atoms. The number of carbonyl (C=O) groups excluding carboxylic acids is 3. The standard InChI is InChI=1S/C18H36N4O3/c1-12(2)15(22-14(23)9-7-8-10-19)17(25)21-13(3)16(24)20-11-18(4,5)6/h12-13,15H,7-11,19H2,1-6H3,(H,20,24)(H,21,25)(H,22,23)/t13-,15-/m0/s1. The molecule has 146 valence electrons. The highest BCUT2D eigenvalue weighted by atomic mass is 16.2. The van der Waals surface area contributed by atoms with Gasteiger partial charge in [0.2, 0.25) is 17.7 Å². The van der Waals surface area contributed by atoms with Gasteiger partial charge in [0.15, 0.2) is 0 Å². The van der Waals surface area contributed by atoms with Crippen LogP contribution >= 0.6 is 0 Å². The van der Waals surface area contributed by atoms with Gasteiger partial charge < -0.3 is 21.7 Å². The van der Waals surface area contributed by atoms with Crippen molar-refractivity contribution >= 4 is 17.7 Å². The van der Waals surface area contributed by atoms with Crippen molar-refractivity contribution in [2.45, 2.75) is 72.9 Å². The monoisotopic (exact) mass is 356 g/mol. The molecule has 0 unspecified atom stereocenters.